The van der Waals surface area contributed by atoms with Gasteiger partial charge in [0.2, 0.25) is 0 Å². The Hall–Kier alpha value is -1.70. The fourth-order valence-electron chi connectivity index (χ4n) is 3.86. The summed E-state index contributed by atoms with van der Waals surface area (Å²) in [4.78, 5) is 12.9. The van der Waals surface area contributed by atoms with Gasteiger partial charge in [0.15, 0.2) is 5.78 Å². The van der Waals surface area contributed by atoms with Gasteiger partial charge < -0.3 is 0 Å². The van der Waals surface area contributed by atoms with Crippen LogP contribution in [0.4, 0.5) is 4.39 Å². The van der Waals surface area contributed by atoms with Crippen LogP contribution in [0.25, 0.3) is 10.8 Å². The molecule has 1 saturated carbocycles. The Balaban J connectivity index is 2.00. The molecule has 1 nitrogen and oxygen atoms in total. The minimum atomic E-state index is -0.257. The summed E-state index contributed by atoms with van der Waals surface area (Å²) < 4.78 is 13.9. The van der Waals surface area contributed by atoms with Crippen molar-refractivity contribution >= 4 is 16.6 Å². The highest BCUT2D eigenvalue weighted by Gasteiger charge is 2.30. The summed E-state index contributed by atoms with van der Waals surface area (Å²) in [5, 5.41) is 1.29. The number of fused-ring (bicyclic) bond motifs is 1. The molecule has 0 N–H and O–H groups in total. The summed E-state index contributed by atoms with van der Waals surface area (Å²) in [5.41, 5.74) is 0.679. The van der Waals surface area contributed by atoms with Crippen molar-refractivity contribution in [1.82, 2.24) is 0 Å². The molecule has 0 saturated heterocycles. The molecule has 3 rings (SSSR count). The van der Waals surface area contributed by atoms with Crippen molar-refractivity contribution < 1.29 is 9.18 Å². The average molecular weight is 284 g/mol. The molecule has 2 atom stereocenters. The zero-order valence-corrected chi connectivity index (χ0v) is 12.6. The van der Waals surface area contributed by atoms with E-state index in [1.807, 2.05) is 18.2 Å². The van der Waals surface area contributed by atoms with Gasteiger partial charge in [-0.3, -0.25) is 4.79 Å². The van der Waals surface area contributed by atoms with Gasteiger partial charge in [0, 0.05) is 16.9 Å². The van der Waals surface area contributed by atoms with E-state index in [2.05, 4.69) is 13.8 Å². The molecule has 0 heterocycles. The molecule has 0 amide bonds. The second-order valence-electron chi connectivity index (χ2n) is 6.62. The Morgan fingerprint density at radius 1 is 0.952 bits per heavy atom. The smallest absolute Gasteiger partial charge is 0.166 e. The largest absolute Gasteiger partial charge is 0.294 e. The van der Waals surface area contributed by atoms with Gasteiger partial charge in [-0.2, -0.15) is 0 Å². The molecule has 2 aromatic rings. The summed E-state index contributed by atoms with van der Waals surface area (Å²) in [7, 11) is 0. The van der Waals surface area contributed by atoms with Gasteiger partial charge in [-0.05, 0) is 48.6 Å². The van der Waals surface area contributed by atoms with Gasteiger partial charge in [-0.25, -0.2) is 4.39 Å². The summed E-state index contributed by atoms with van der Waals surface area (Å²) in [6, 6.07) is 10.3. The lowest BCUT2D eigenvalue weighted by atomic mass is 9.73. The van der Waals surface area contributed by atoms with Gasteiger partial charge in [-0.1, -0.05) is 38.1 Å². The molecule has 0 bridgehead atoms. The molecular weight excluding hydrogens is 263 g/mol. The lowest BCUT2D eigenvalue weighted by molar-refractivity contribution is 0.0838. The molecular formula is C19H21FO. The Morgan fingerprint density at radius 2 is 1.57 bits per heavy atom. The molecule has 21 heavy (non-hydrogen) atoms. The fourth-order valence-corrected chi connectivity index (χ4v) is 3.86. The number of hydrogen-bond acceptors (Lipinski definition) is 1. The first-order valence-corrected chi connectivity index (χ1v) is 7.77. The molecule has 0 aliphatic heterocycles. The van der Waals surface area contributed by atoms with Crippen LogP contribution in [0.2, 0.25) is 0 Å². The highest BCUT2D eigenvalue weighted by atomic mass is 19.1. The van der Waals surface area contributed by atoms with Crippen LogP contribution in [0.1, 0.15) is 43.5 Å². The molecule has 2 unspecified atom stereocenters. The third-order valence-electron chi connectivity index (χ3n) is 4.69. The van der Waals surface area contributed by atoms with Crippen LogP contribution in [0, 0.1) is 23.6 Å². The zero-order valence-electron chi connectivity index (χ0n) is 12.6. The van der Waals surface area contributed by atoms with Gasteiger partial charge in [0.1, 0.15) is 5.82 Å². The van der Waals surface area contributed by atoms with E-state index in [1.54, 1.807) is 12.1 Å². The maximum atomic E-state index is 13.9. The first-order chi connectivity index (χ1) is 10.1. The van der Waals surface area contributed by atoms with Crippen LogP contribution in [0.5, 0.6) is 0 Å². The van der Waals surface area contributed by atoms with E-state index in [9.17, 15) is 9.18 Å². The van der Waals surface area contributed by atoms with Crippen molar-refractivity contribution in [3.05, 3.63) is 47.8 Å². The second kappa shape index (κ2) is 5.59. The number of rotatable bonds is 2. The number of hydrogen-bond donors (Lipinski definition) is 0. The highest BCUT2D eigenvalue weighted by Crippen LogP contribution is 2.36. The van der Waals surface area contributed by atoms with Crippen molar-refractivity contribution in [3.63, 3.8) is 0 Å². The van der Waals surface area contributed by atoms with Crippen LogP contribution in [-0.2, 0) is 0 Å². The third kappa shape index (κ3) is 2.72. The molecule has 0 aromatic heterocycles. The van der Waals surface area contributed by atoms with E-state index in [0.717, 1.165) is 18.2 Å². The SMILES string of the molecule is CC1CC(C)CC(C(=O)c2ccc(F)c3ccccc23)C1. The quantitative estimate of drug-likeness (QED) is 0.690. The predicted molar refractivity (Wildman–Crippen MR) is 83.9 cm³/mol. The van der Waals surface area contributed by atoms with Crippen molar-refractivity contribution in [3.8, 4) is 0 Å². The van der Waals surface area contributed by atoms with Crippen LogP contribution in [0.3, 0.4) is 0 Å². The monoisotopic (exact) mass is 284 g/mol. The van der Waals surface area contributed by atoms with E-state index in [-0.39, 0.29) is 17.5 Å². The van der Waals surface area contributed by atoms with Crippen LogP contribution in [0.15, 0.2) is 36.4 Å². The number of Topliss-reactive ketones (excluding diaryl/α,β-unsaturated/α-hetero) is 1. The summed E-state index contributed by atoms with van der Waals surface area (Å²) in [5.74, 6) is 1.19. The van der Waals surface area contributed by atoms with Crippen LogP contribution in [-0.4, -0.2) is 5.78 Å². The van der Waals surface area contributed by atoms with E-state index in [1.165, 1.54) is 12.5 Å². The molecule has 110 valence electrons. The number of halogens is 1. The van der Waals surface area contributed by atoms with E-state index in [0.29, 0.717) is 22.8 Å². The van der Waals surface area contributed by atoms with E-state index in [4.69, 9.17) is 0 Å². The maximum Gasteiger partial charge on any atom is 0.166 e. The lowest BCUT2D eigenvalue weighted by Crippen LogP contribution is -2.26. The molecule has 2 aromatic carbocycles. The number of ketones is 1. The third-order valence-corrected chi connectivity index (χ3v) is 4.69. The average Bonchev–Trinajstić information content (AvgIpc) is 2.46. The summed E-state index contributed by atoms with van der Waals surface area (Å²) in [6.07, 6.45) is 3.11. The van der Waals surface area contributed by atoms with Gasteiger partial charge >= 0.3 is 0 Å². The Bertz CT molecular complexity index is 666. The summed E-state index contributed by atoms with van der Waals surface area (Å²) in [6.45, 7) is 4.44. The van der Waals surface area contributed by atoms with Crippen molar-refractivity contribution in [2.24, 2.45) is 17.8 Å². The molecule has 1 aliphatic rings. The first-order valence-electron chi connectivity index (χ1n) is 7.77. The summed E-state index contributed by atoms with van der Waals surface area (Å²) >= 11 is 0. The number of carbonyl (C=O) groups is 1. The Labute approximate surface area is 125 Å². The molecule has 0 spiro atoms. The van der Waals surface area contributed by atoms with E-state index < -0.39 is 0 Å². The Kier molecular flexibility index (Phi) is 3.79. The lowest BCUT2D eigenvalue weighted by Gasteiger charge is -2.30. The van der Waals surface area contributed by atoms with Crippen molar-refractivity contribution in [1.29, 1.82) is 0 Å². The predicted octanol–water partition coefficient (Wildman–Crippen LogP) is 5.23. The zero-order chi connectivity index (χ0) is 15.0. The van der Waals surface area contributed by atoms with Crippen molar-refractivity contribution in [2.75, 3.05) is 0 Å². The first kappa shape index (κ1) is 14.2. The maximum absolute atomic E-state index is 13.9. The van der Waals surface area contributed by atoms with Crippen LogP contribution < -0.4 is 0 Å². The molecule has 2 heteroatoms. The minimum Gasteiger partial charge on any atom is -0.294 e. The topological polar surface area (TPSA) is 17.1 Å². The van der Waals surface area contributed by atoms with E-state index >= 15 is 0 Å². The van der Waals surface area contributed by atoms with Gasteiger partial charge in [0.25, 0.3) is 0 Å². The van der Waals surface area contributed by atoms with Crippen molar-refractivity contribution in [2.45, 2.75) is 33.1 Å². The minimum absolute atomic E-state index is 0.0811. The fraction of sp³-hybridized carbons (Fsp3) is 0.421. The molecule has 0 radical (unpaired) electrons. The number of benzene rings is 2. The molecule has 1 aliphatic carbocycles. The second-order valence-corrected chi connectivity index (χ2v) is 6.62. The molecule has 1 fully saturated rings. The number of carbonyl (C=O) groups excluding carboxylic acids is 1. The van der Waals surface area contributed by atoms with Gasteiger partial charge in [-0.15, -0.1) is 0 Å². The standard InChI is InChI=1S/C19H21FO/c1-12-9-13(2)11-14(10-12)19(21)17-7-8-18(20)16-6-4-3-5-15(16)17/h3-8,12-14H,9-11H2,1-2H3. The highest BCUT2D eigenvalue weighted by molar-refractivity contribution is 6.09. The normalized spacial score (nSPS) is 26.0. The van der Waals surface area contributed by atoms with Crippen LogP contribution >= 0.6 is 0 Å². The van der Waals surface area contributed by atoms with Gasteiger partial charge in [0.05, 0.1) is 0 Å². The Morgan fingerprint density at radius 3 is 2.24 bits per heavy atom.